The third kappa shape index (κ3) is 3.47. The summed E-state index contributed by atoms with van der Waals surface area (Å²) in [4.78, 5) is 2.16. The summed E-state index contributed by atoms with van der Waals surface area (Å²) in [6.45, 7) is 4.21. The Labute approximate surface area is 183 Å². The Kier molecular flexibility index (Phi) is 4.56. The van der Waals surface area contributed by atoms with E-state index in [-0.39, 0.29) is 0 Å². The summed E-state index contributed by atoms with van der Waals surface area (Å²) in [5.41, 5.74) is 9.05. The highest BCUT2D eigenvalue weighted by Gasteiger charge is 2.12. The first-order chi connectivity index (χ1) is 15.0. The summed E-state index contributed by atoms with van der Waals surface area (Å²) >= 11 is 0. The smallest absolute Gasteiger partial charge is 0.101 e. The molecule has 1 heterocycles. The Hall–Kier alpha value is -3.90. The minimum Gasteiger partial charge on any atom is -0.356 e. The van der Waals surface area contributed by atoms with Crippen LogP contribution in [0.3, 0.4) is 0 Å². The van der Waals surface area contributed by atoms with Crippen molar-refractivity contribution in [2.24, 2.45) is 7.05 Å². The molecule has 0 radical (unpaired) electrons. The van der Waals surface area contributed by atoms with Gasteiger partial charge >= 0.3 is 0 Å². The van der Waals surface area contributed by atoms with Crippen LogP contribution in [0.4, 0.5) is 22.7 Å². The van der Waals surface area contributed by atoms with Crippen molar-refractivity contribution in [3.8, 4) is 0 Å². The summed E-state index contributed by atoms with van der Waals surface area (Å²) in [6.07, 6.45) is 0. The van der Waals surface area contributed by atoms with Crippen LogP contribution in [-0.4, -0.2) is 11.6 Å². The highest BCUT2D eigenvalue weighted by Crippen LogP contribution is 2.33. The van der Waals surface area contributed by atoms with E-state index >= 15 is 0 Å². The molecule has 0 fully saturated rings. The van der Waals surface area contributed by atoms with Crippen LogP contribution < -0.4 is 10.2 Å². The second kappa shape index (κ2) is 7.41. The Morgan fingerprint density at radius 2 is 1.39 bits per heavy atom. The maximum atomic E-state index is 3.53. The normalized spacial score (nSPS) is 11.0. The zero-order chi connectivity index (χ0) is 21.5. The molecule has 0 atom stereocenters. The van der Waals surface area contributed by atoms with Crippen LogP contribution >= 0.6 is 0 Å². The number of nitrogens with zero attached hydrogens (tertiary/aromatic N) is 2. The third-order valence-corrected chi connectivity index (χ3v) is 5.95. The van der Waals surface area contributed by atoms with Gasteiger partial charge in [0.05, 0.1) is 5.69 Å². The molecule has 152 valence electrons. The highest BCUT2D eigenvalue weighted by atomic mass is 15.1. The van der Waals surface area contributed by atoms with Crippen LogP contribution in [-0.2, 0) is 7.05 Å². The molecule has 0 saturated heterocycles. The van der Waals surface area contributed by atoms with Crippen molar-refractivity contribution in [2.45, 2.75) is 13.8 Å². The van der Waals surface area contributed by atoms with Crippen LogP contribution in [0.2, 0.25) is 0 Å². The summed E-state index contributed by atoms with van der Waals surface area (Å²) in [5, 5.41) is 5.91. The summed E-state index contributed by atoms with van der Waals surface area (Å²) in [6, 6.07) is 32.5. The number of benzene rings is 3. The molecule has 0 aliphatic rings. The van der Waals surface area contributed by atoms with Gasteiger partial charge in [0.2, 0.25) is 0 Å². The number of hydrogen-bond donors (Lipinski definition) is 1. The lowest BCUT2D eigenvalue weighted by Gasteiger charge is -2.18. The Balaban J connectivity index is 1.58. The molecule has 1 N–H and O–H groups in total. The van der Waals surface area contributed by atoms with E-state index in [9.17, 15) is 0 Å². The monoisotopic (exact) mass is 403 g/mol. The van der Waals surface area contributed by atoms with Gasteiger partial charge in [-0.05, 0) is 74.5 Å². The van der Waals surface area contributed by atoms with Gasteiger partial charge in [0.15, 0.2) is 0 Å². The van der Waals surface area contributed by atoms with Gasteiger partial charge in [-0.1, -0.05) is 35.4 Å². The van der Waals surface area contributed by atoms with E-state index in [1.807, 2.05) is 0 Å². The first-order valence-corrected chi connectivity index (χ1v) is 10.5. The Morgan fingerprint density at radius 3 is 2.10 bits per heavy atom. The van der Waals surface area contributed by atoms with Crippen LogP contribution in [0, 0.1) is 26.0 Å². The van der Waals surface area contributed by atoms with Gasteiger partial charge < -0.3 is 14.8 Å². The second-order valence-corrected chi connectivity index (χ2v) is 8.22. The molecule has 0 saturated carbocycles. The largest absolute Gasteiger partial charge is 0.356 e. The van der Waals surface area contributed by atoms with E-state index in [1.165, 1.54) is 27.4 Å². The van der Waals surface area contributed by atoms with Gasteiger partial charge in [0.25, 0.3) is 0 Å². The van der Waals surface area contributed by atoms with Crippen LogP contribution in [0.5, 0.6) is 0 Å². The van der Waals surface area contributed by atoms with Gasteiger partial charge in [-0.3, -0.25) is 0 Å². The minimum absolute atomic E-state index is 1.00. The number of fused-ring (bicyclic) bond motifs is 3. The van der Waals surface area contributed by atoms with Crippen molar-refractivity contribution in [2.75, 3.05) is 17.3 Å². The molecule has 0 spiro atoms. The van der Waals surface area contributed by atoms with Crippen molar-refractivity contribution < 1.29 is 0 Å². The van der Waals surface area contributed by atoms with Crippen LogP contribution in [0.1, 0.15) is 11.1 Å². The van der Waals surface area contributed by atoms with Gasteiger partial charge in [-0.25, -0.2) is 0 Å². The molecule has 31 heavy (non-hydrogen) atoms. The first-order valence-electron chi connectivity index (χ1n) is 10.5. The average molecular weight is 404 g/mol. The van der Waals surface area contributed by atoms with Crippen LogP contribution in [0.25, 0.3) is 21.8 Å². The van der Waals surface area contributed by atoms with E-state index in [2.05, 4.69) is 128 Å². The standard InChI is InChI=1S/C28H25N3/c1-19-5-9-21(10-6-19)29-22-11-15-27-25(17-22)26-18-24(14-16-28(26)31(27)4)30(3)23-12-7-20(2)8-13-23/h5-13,15,17-18,29H,1-4H3. The molecule has 0 amide bonds. The van der Waals surface area contributed by atoms with Crippen LogP contribution in [0.15, 0.2) is 72.8 Å². The zero-order valence-corrected chi connectivity index (χ0v) is 18.3. The molecular formula is C28H25N3. The topological polar surface area (TPSA) is 20.2 Å². The molecule has 0 aliphatic carbocycles. The Morgan fingerprint density at radius 1 is 0.742 bits per heavy atom. The molecule has 0 aliphatic heterocycles. The van der Waals surface area contributed by atoms with E-state index in [0.29, 0.717) is 0 Å². The number of aromatic nitrogens is 1. The highest BCUT2D eigenvalue weighted by molar-refractivity contribution is 6.09. The maximum Gasteiger partial charge on any atom is 0.101 e. The molecule has 4 aromatic carbocycles. The minimum atomic E-state index is 1.00. The van der Waals surface area contributed by atoms with Gasteiger partial charge in [-0.2, -0.15) is 0 Å². The summed E-state index contributed by atoms with van der Waals surface area (Å²) in [5.74, 6) is 0. The zero-order valence-electron chi connectivity index (χ0n) is 18.3. The molecule has 0 unspecified atom stereocenters. The predicted octanol–water partition coefficient (Wildman–Crippen LogP) is 7.06. The van der Waals surface area contributed by atoms with Gasteiger partial charge in [0, 0.05) is 47.4 Å². The number of anilines is 4. The van der Waals surface area contributed by atoms with Crippen molar-refractivity contribution in [3.63, 3.8) is 0 Å². The number of hydrogen-bond acceptors (Lipinski definition) is 2. The van der Waals surface area contributed by atoms with Crippen molar-refractivity contribution in [1.82, 2.24) is 4.57 Å². The van der Waals surface area contributed by atoms with Crippen molar-refractivity contribution >= 4 is 44.6 Å². The van der Waals surface area contributed by atoms with Crippen molar-refractivity contribution in [1.29, 1.82) is 0 Å². The molecule has 1 aromatic heterocycles. The third-order valence-electron chi connectivity index (χ3n) is 5.95. The summed E-state index contributed by atoms with van der Waals surface area (Å²) < 4.78 is 2.19. The number of aryl methyl sites for hydroxylation is 3. The fraction of sp³-hybridized carbons (Fsp3) is 0.143. The fourth-order valence-corrected chi connectivity index (χ4v) is 4.04. The molecular weight excluding hydrogens is 378 g/mol. The second-order valence-electron chi connectivity index (χ2n) is 8.22. The molecule has 3 nitrogen and oxygen atoms in total. The van der Waals surface area contributed by atoms with E-state index in [4.69, 9.17) is 0 Å². The van der Waals surface area contributed by atoms with Gasteiger partial charge in [-0.15, -0.1) is 0 Å². The Bertz CT molecular complexity index is 1380. The van der Waals surface area contributed by atoms with Crippen molar-refractivity contribution in [3.05, 3.63) is 96.1 Å². The quantitative estimate of drug-likeness (QED) is 0.347. The lowest BCUT2D eigenvalue weighted by molar-refractivity contribution is 1.01. The first kappa shape index (κ1) is 19.1. The molecule has 0 bridgehead atoms. The fourth-order valence-electron chi connectivity index (χ4n) is 4.04. The number of rotatable bonds is 4. The lowest BCUT2D eigenvalue weighted by Crippen LogP contribution is -2.08. The van der Waals surface area contributed by atoms with Gasteiger partial charge in [0.1, 0.15) is 5.52 Å². The maximum absolute atomic E-state index is 3.53. The SMILES string of the molecule is Cc1ccc(Nc2ccc3c(c2)c2cc(N(C)c4ccc(C)cc4)c#cc2n3C)cc1. The molecule has 5 rings (SSSR count). The molecule has 5 aromatic rings. The lowest BCUT2D eigenvalue weighted by atomic mass is 10.1. The van der Waals surface area contributed by atoms with E-state index in [1.54, 1.807) is 0 Å². The van der Waals surface area contributed by atoms with E-state index in [0.717, 1.165) is 28.3 Å². The molecule has 3 heteroatoms. The number of nitrogens with one attached hydrogen (secondary N) is 1. The summed E-state index contributed by atoms with van der Waals surface area (Å²) in [7, 11) is 4.16. The average Bonchev–Trinajstić information content (AvgIpc) is 3.06. The van der Waals surface area contributed by atoms with E-state index < -0.39 is 0 Å². The predicted molar refractivity (Wildman–Crippen MR) is 132 cm³/mol.